The molecule has 18 heavy (non-hydrogen) atoms. The topological polar surface area (TPSA) is 113 Å². The van der Waals surface area contributed by atoms with Gasteiger partial charge in [0.05, 0.1) is 26.7 Å². The van der Waals surface area contributed by atoms with E-state index in [-0.39, 0.29) is 19.6 Å². The van der Waals surface area contributed by atoms with E-state index in [2.05, 4.69) is 4.74 Å². The molecule has 0 saturated carbocycles. The van der Waals surface area contributed by atoms with Crippen molar-refractivity contribution in [2.75, 3.05) is 26.7 Å². The number of methoxy groups -OCH3 is 1. The predicted octanol–water partition coefficient (Wildman–Crippen LogP) is -1.42. The van der Waals surface area contributed by atoms with E-state index in [1.54, 1.807) is 18.6 Å². The zero-order valence-electron chi connectivity index (χ0n) is 10.6. The molecule has 0 aliphatic heterocycles. The Morgan fingerprint density at radius 1 is 1.28 bits per heavy atom. The van der Waals surface area contributed by atoms with E-state index < -0.39 is 32.6 Å². The van der Waals surface area contributed by atoms with Crippen LogP contribution >= 0.6 is 0 Å². The van der Waals surface area contributed by atoms with E-state index in [4.69, 9.17) is 0 Å². The smallest absolute Gasteiger partial charge is 0.424 e. The maximum absolute atomic E-state index is 12.0. The maximum Gasteiger partial charge on any atom is 0.424 e. The number of carbonyl (C=O) groups excluding carboxylic acids is 2. The van der Waals surface area contributed by atoms with Crippen molar-refractivity contribution in [1.29, 1.82) is 0 Å². The highest BCUT2D eigenvalue weighted by molar-refractivity contribution is 7.84. The van der Waals surface area contributed by atoms with Crippen LogP contribution in [0.3, 0.4) is 0 Å². The van der Waals surface area contributed by atoms with Gasteiger partial charge < -0.3 is 14.6 Å². The van der Waals surface area contributed by atoms with Gasteiger partial charge in [-0.25, -0.2) is 8.68 Å². The number of hydrogen-bond donors (Lipinski definition) is 1. The van der Waals surface area contributed by atoms with Gasteiger partial charge in [-0.05, 0) is 13.8 Å². The van der Waals surface area contributed by atoms with Crippen molar-refractivity contribution in [1.82, 2.24) is 4.72 Å². The molecule has 0 fully saturated rings. The van der Waals surface area contributed by atoms with E-state index in [1.807, 2.05) is 0 Å². The third-order valence-corrected chi connectivity index (χ3v) is 4.93. The monoisotopic (exact) mass is 282 g/mol. The summed E-state index contributed by atoms with van der Waals surface area (Å²) in [5, 5.41) is 10.5. The Bertz CT molecular complexity index is 401. The van der Waals surface area contributed by atoms with Gasteiger partial charge in [-0.15, -0.1) is 0 Å². The van der Waals surface area contributed by atoms with Crippen LogP contribution in [0.15, 0.2) is 0 Å². The Hall–Kier alpha value is -1.35. The summed E-state index contributed by atoms with van der Waals surface area (Å²) in [4.78, 5) is 21.4. The summed E-state index contributed by atoms with van der Waals surface area (Å²) in [6, 6.07) is 0. The number of hydrogen-bond acceptors (Lipinski definition) is 6. The van der Waals surface area contributed by atoms with Crippen LogP contribution in [-0.4, -0.2) is 51.1 Å². The number of carbonyl (C=O) groups is 2. The van der Waals surface area contributed by atoms with Crippen molar-refractivity contribution in [3.63, 3.8) is 0 Å². The standard InChI is InChI=1S/C9H18N2O6S/c1-4-11(5-2,7-6-8(12)13)18(15,16)10-9(14)17-3/h4-7H2,1-3H3,(H-,10,12,13,14). The molecule has 0 radical (unpaired) electrons. The van der Waals surface area contributed by atoms with Crippen LogP contribution in [0.5, 0.6) is 0 Å². The number of amides is 1. The molecule has 1 N–H and O–H groups in total. The lowest BCUT2D eigenvalue weighted by atomic mass is 10.4. The molecule has 0 heterocycles. The Morgan fingerprint density at radius 3 is 2.11 bits per heavy atom. The number of ether oxygens (including phenoxy) is 1. The normalized spacial score (nSPS) is 11.9. The Morgan fingerprint density at radius 2 is 1.78 bits per heavy atom. The fourth-order valence-electron chi connectivity index (χ4n) is 1.54. The van der Waals surface area contributed by atoms with Gasteiger partial charge in [0.25, 0.3) is 0 Å². The molecule has 0 aromatic carbocycles. The first-order chi connectivity index (χ1) is 8.24. The van der Waals surface area contributed by atoms with Gasteiger partial charge in [-0.2, -0.15) is 13.1 Å². The molecular weight excluding hydrogens is 264 g/mol. The van der Waals surface area contributed by atoms with E-state index in [9.17, 15) is 23.1 Å². The van der Waals surface area contributed by atoms with Crippen molar-refractivity contribution in [3.05, 3.63) is 0 Å². The molecule has 0 saturated heterocycles. The fraction of sp³-hybridized carbons (Fsp3) is 0.778. The Labute approximate surface area is 106 Å². The van der Waals surface area contributed by atoms with Gasteiger partial charge in [0, 0.05) is 12.4 Å². The van der Waals surface area contributed by atoms with Crippen LogP contribution in [0.4, 0.5) is 4.79 Å². The molecule has 0 atom stereocenters. The van der Waals surface area contributed by atoms with E-state index >= 15 is 0 Å². The SMILES string of the molecule is CC[N+](CC)(CCC(=O)[O-])S(=O)(=O)NC(=O)OC. The fourth-order valence-corrected chi connectivity index (χ4v) is 3.04. The van der Waals surface area contributed by atoms with Gasteiger partial charge in [-0.1, -0.05) is 0 Å². The van der Waals surface area contributed by atoms with Gasteiger partial charge in [0.1, 0.15) is 0 Å². The number of carboxylic acids is 1. The average Bonchev–Trinajstić information content (AvgIpc) is 2.29. The van der Waals surface area contributed by atoms with Crippen molar-refractivity contribution >= 4 is 22.3 Å². The zero-order chi connectivity index (χ0) is 14.4. The summed E-state index contributed by atoms with van der Waals surface area (Å²) >= 11 is 0. The second-order valence-electron chi connectivity index (χ2n) is 3.60. The summed E-state index contributed by atoms with van der Waals surface area (Å²) in [7, 11) is -3.03. The van der Waals surface area contributed by atoms with Gasteiger partial charge in [-0.3, -0.25) is 0 Å². The van der Waals surface area contributed by atoms with Crippen molar-refractivity contribution in [2.24, 2.45) is 0 Å². The van der Waals surface area contributed by atoms with E-state index in [0.29, 0.717) is 0 Å². The van der Waals surface area contributed by atoms with Crippen LogP contribution < -0.4 is 9.83 Å². The minimum atomic E-state index is -4.07. The summed E-state index contributed by atoms with van der Waals surface area (Å²) in [6.45, 7) is 3.25. The number of quaternary nitrogens is 1. The van der Waals surface area contributed by atoms with Crippen molar-refractivity contribution < 1.29 is 31.7 Å². The number of aliphatic carboxylic acids is 1. The lowest BCUT2D eigenvalue weighted by Gasteiger charge is -2.34. The number of nitrogens with zero attached hydrogens (tertiary/aromatic N) is 1. The first-order valence-electron chi connectivity index (χ1n) is 5.41. The summed E-state index contributed by atoms with van der Waals surface area (Å²) in [5.41, 5.74) is 0. The highest BCUT2D eigenvalue weighted by Crippen LogP contribution is 2.14. The van der Waals surface area contributed by atoms with Crippen LogP contribution in [0.25, 0.3) is 0 Å². The number of nitrogens with one attached hydrogen (secondary N) is 1. The number of rotatable bonds is 7. The minimum Gasteiger partial charge on any atom is -0.550 e. The van der Waals surface area contributed by atoms with Crippen molar-refractivity contribution in [3.8, 4) is 0 Å². The molecule has 0 spiro atoms. The summed E-state index contributed by atoms with van der Waals surface area (Å²) in [5.74, 6) is -1.34. The van der Waals surface area contributed by atoms with Gasteiger partial charge >= 0.3 is 16.3 Å². The third-order valence-electron chi connectivity index (χ3n) is 2.78. The molecular formula is C9H18N2O6S. The second-order valence-corrected chi connectivity index (χ2v) is 5.53. The quantitative estimate of drug-likeness (QED) is 0.574. The minimum absolute atomic E-state index is 0.121. The molecule has 0 rings (SSSR count). The van der Waals surface area contributed by atoms with Crippen LogP contribution in [0, 0.1) is 0 Å². The molecule has 0 aromatic heterocycles. The largest absolute Gasteiger partial charge is 0.550 e. The molecule has 0 aliphatic rings. The zero-order valence-corrected chi connectivity index (χ0v) is 11.4. The second kappa shape index (κ2) is 6.55. The van der Waals surface area contributed by atoms with E-state index in [1.165, 1.54) is 0 Å². The van der Waals surface area contributed by atoms with Crippen LogP contribution in [-0.2, 0) is 19.7 Å². The van der Waals surface area contributed by atoms with E-state index in [0.717, 1.165) is 7.11 Å². The highest BCUT2D eigenvalue weighted by Gasteiger charge is 2.40. The Kier molecular flexibility index (Phi) is 6.06. The highest BCUT2D eigenvalue weighted by atomic mass is 32.2. The average molecular weight is 282 g/mol. The number of carboxylic acid groups (broad SMARTS) is 1. The first-order valence-corrected chi connectivity index (χ1v) is 6.85. The molecule has 0 aromatic rings. The van der Waals surface area contributed by atoms with Crippen LogP contribution in [0.1, 0.15) is 20.3 Å². The van der Waals surface area contributed by atoms with Gasteiger partial charge in [0.2, 0.25) is 0 Å². The molecule has 0 aliphatic carbocycles. The predicted molar refractivity (Wildman–Crippen MR) is 60.3 cm³/mol. The maximum atomic E-state index is 12.0. The summed E-state index contributed by atoms with van der Waals surface area (Å²) < 4.78 is 29.5. The molecule has 8 nitrogen and oxygen atoms in total. The van der Waals surface area contributed by atoms with Crippen LogP contribution in [0.2, 0.25) is 0 Å². The lowest BCUT2D eigenvalue weighted by molar-refractivity contribution is -0.802. The lowest BCUT2D eigenvalue weighted by Crippen LogP contribution is -2.59. The third kappa shape index (κ3) is 3.84. The molecule has 0 bridgehead atoms. The molecule has 1 amide bonds. The van der Waals surface area contributed by atoms with Crippen molar-refractivity contribution in [2.45, 2.75) is 20.3 Å². The molecule has 0 unspecified atom stereocenters. The molecule has 106 valence electrons. The summed E-state index contributed by atoms with van der Waals surface area (Å²) in [6.07, 6.45) is -1.52. The molecule has 9 heteroatoms. The van der Waals surface area contributed by atoms with Gasteiger partial charge in [0.15, 0.2) is 0 Å². The Balaban J connectivity index is 5.18. The first kappa shape index (κ1) is 16.6.